The largest absolute Gasteiger partial charge is 0.481 e. The summed E-state index contributed by atoms with van der Waals surface area (Å²) in [5.74, 6) is -4.43. The Hall–Kier alpha value is -2.16. The van der Waals surface area contributed by atoms with E-state index in [1.807, 2.05) is 6.92 Å². The second-order valence-electron chi connectivity index (χ2n) is 8.58. The molecule has 1 fully saturated rings. The number of carboxylic acids is 2. The Morgan fingerprint density at radius 2 is 1.55 bits per heavy atom. The second-order valence-corrected chi connectivity index (χ2v) is 8.58. The molecule has 0 aromatic carbocycles. The molecule has 0 aliphatic carbocycles. The number of carbonyl (C=O) groups excluding carboxylic acids is 2. The number of hydrogen-bond acceptors (Lipinski definition) is 6. The highest BCUT2D eigenvalue weighted by atomic mass is 16.6. The van der Waals surface area contributed by atoms with Gasteiger partial charge in [0.1, 0.15) is 6.61 Å². The molecule has 0 saturated carbocycles. The number of amides is 1. The van der Waals surface area contributed by atoms with Crippen molar-refractivity contribution in [1.29, 1.82) is 0 Å². The van der Waals surface area contributed by atoms with Gasteiger partial charge in [-0.1, -0.05) is 34.1 Å². The van der Waals surface area contributed by atoms with Crippen molar-refractivity contribution in [1.82, 2.24) is 5.32 Å². The SMILES string of the molecule is CCC[C@H]1O[C@@H](COC(C)=O)[C@@H](CC(=O)O)[C@@H](CC(=O)O)[C@@H]1NC(=O)C(C)(C)C. The molecule has 166 valence electrons. The summed E-state index contributed by atoms with van der Waals surface area (Å²) in [6.07, 6.45) is -0.699. The van der Waals surface area contributed by atoms with E-state index in [1.54, 1.807) is 20.8 Å². The van der Waals surface area contributed by atoms with Crippen LogP contribution in [0, 0.1) is 17.3 Å². The van der Waals surface area contributed by atoms with E-state index in [1.165, 1.54) is 6.92 Å². The van der Waals surface area contributed by atoms with Crippen molar-refractivity contribution >= 4 is 23.8 Å². The monoisotopic (exact) mass is 415 g/mol. The first kappa shape index (κ1) is 24.9. The normalized spacial score (nSPS) is 27.1. The average molecular weight is 415 g/mol. The zero-order valence-electron chi connectivity index (χ0n) is 17.8. The molecule has 29 heavy (non-hydrogen) atoms. The molecule has 1 heterocycles. The standard InChI is InChI=1S/C20H33NO8/c1-6-7-14-18(21-19(27)20(3,4)5)13(9-17(25)26)12(8-16(23)24)15(29-14)10-28-11(2)22/h12-15,18H,6-10H2,1-5H3,(H,21,27)(H,23,24)(H,25,26)/t12-,13+,14+,15-,18-/m0/s1. The van der Waals surface area contributed by atoms with Crippen LogP contribution in [0.3, 0.4) is 0 Å². The van der Waals surface area contributed by atoms with Crippen molar-refractivity contribution < 1.29 is 38.9 Å². The third-order valence-corrected chi connectivity index (χ3v) is 5.06. The maximum absolute atomic E-state index is 12.6. The molecule has 1 saturated heterocycles. The van der Waals surface area contributed by atoms with Crippen molar-refractivity contribution in [3.8, 4) is 0 Å². The molecule has 0 bridgehead atoms. The number of nitrogens with one attached hydrogen (secondary N) is 1. The van der Waals surface area contributed by atoms with Gasteiger partial charge in [-0.2, -0.15) is 0 Å². The Morgan fingerprint density at radius 3 is 2.00 bits per heavy atom. The molecule has 0 aromatic rings. The lowest BCUT2D eigenvalue weighted by Crippen LogP contribution is -2.61. The maximum Gasteiger partial charge on any atom is 0.303 e. The molecule has 9 nitrogen and oxygen atoms in total. The molecule has 0 radical (unpaired) electrons. The first-order chi connectivity index (χ1) is 13.4. The molecule has 0 unspecified atom stereocenters. The van der Waals surface area contributed by atoms with Crippen molar-refractivity contribution in [2.75, 3.05) is 6.61 Å². The minimum Gasteiger partial charge on any atom is -0.481 e. The third-order valence-electron chi connectivity index (χ3n) is 5.06. The van der Waals surface area contributed by atoms with E-state index in [-0.39, 0.29) is 25.4 Å². The minimum absolute atomic E-state index is 0.163. The highest BCUT2D eigenvalue weighted by Crippen LogP contribution is 2.38. The molecule has 3 N–H and O–H groups in total. The van der Waals surface area contributed by atoms with Crippen LogP contribution in [-0.4, -0.2) is 58.9 Å². The van der Waals surface area contributed by atoms with Gasteiger partial charge in [0.25, 0.3) is 0 Å². The van der Waals surface area contributed by atoms with Crippen LogP contribution in [-0.2, 0) is 28.7 Å². The van der Waals surface area contributed by atoms with Crippen LogP contribution >= 0.6 is 0 Å². The highest BCUT2D eigenvalue weighted by Gasteiger charge is 2.48. The summed E-state index contributed by atoms with van der Waals surface area (Å²) in [6, 6.07) is -0.657. The number of carbonyl (C=O) groups is 4. The smallest absolute Gasteiger partial charge is 0.303 e. The van der Waals surface area contributed by atoms with Gasteiger partial charge in [0, 0.05) is 18.3 Å². The number of rotatable bonds is 9. The summed E-state index contributed by atoms with van der Waals surface area (Å²) in [7, 11) is 0. The van der Waals surface area contributed by atoms with Crippen LogP contribution in [0.4, 0.5) is 0 Å². The summed E-state index contributed by atoms with van der Waals surface area (Å²) < 4.78 is 11.1. The van der Waals surface area contributed by atoms with E-state index < -0.39 is 53.4 Å². The van der Waals surface area contributed by atoms with Gasteiger partial charge < -0.3 is 25.0 Å². The summed E-state index contributed by atoms with van der Waals surface area (Å²) in [5.41, 5.74) is -0.707. The van der Waals surface area contributed by atoms with E-state index in [0.29, 0.717) is 6.42 Å². The predicted octanol–water partition coefficient (Wildman–Crippen LogP) is 1.83. The number of esters is 1. The van der Waals surface area contributed by atoms with Gasteiger partial charge in [-0.25, -0.2) is 0 Å². The molecule has 9 heteroatoms. The Kier molecular flexibility index (Phi) is 9.07. The van der Waals surface area contributed by atoms with Gasteiger partial charge in [0.05, 0.1) is 31.1 Å². The molecular formula is C20H33NO8. The number of ether oxygens (including phenoxy) is 2. The minimum atomic E-state index is -1.11. The molecule has 1 aliphatic heterocycles. The van der Waals surface area contributed by atoms with Gasteiger partial charge in [0.15, 0.2) is 0 Å². The van der Waals surface area contributed by atoms with E-state index >= 15 is 0 Å². The van der Waals surface area contributed by atoms with Gasteiger partial charge in [0.2, 0.25) is 5.91 Å². The van der Waals surface area contributed by atoms with Gasteiger partial charge in [-0.05, 0) is 12.3 Å². The summed E-state index contributed by atoms with van der Waals surface area (Å²) in [6.45, 7) is 8.23. The Morgan fingerprint density at radius 1 is 1.00 bits per heavy atom. The molecule has 1 rings (SSSR count). The molecule has 0 aromatic heterocycles. The number of aliphatic carboxylic acids is 2. The summed E-state index contributed by atoms with van der Waals surface area (Å²) >= 11 is 0. The van der Waals surface area contributed by atoms with Crippen molar-refractivity contribution in [2.45, 2.75) is 78.6 Å². The van der Waals surface area contributed by atoms with Gasteiger partial charge in [-0.3, -0.25) is 19.2 Å². The van der Waals surface area contributed by atoms with E-state index in [0.717, 1.165) is 6.42 Å². The van der Waals surface area contributed by atoms with Crippen molar-refractivity contribution in [2.24, 2.45) is 17.3 Å². The summed E-state index contributed by atoms with van der Waals surface area (Å²) in [4.78, 5) is 47.0. The number of carboxylic acid groups (broad SMARTS) is 2. The highest BCUT2D eigenvalue weighted by molar-refractivity contribution is 5.82. The van der Waals surface area contributed by atoms with Crippen molar-refractivity contribution in [3.05, 3.63) is 0 Å². The Labute approximate surface area is 171 Å². The van der Waals surface area contributed by atoms with E-state index in [2.05, 4.69) is 5.32 Å². The summed E-state index contributed by atoms with van der Waals surface area (Å²) in [5, 5.41) is 21.8. The van der Waals surface area contributed by atoms with Crippen LogP contribution in [0.15, 0.2) is 0 Å². The van der Waals surface area contributed by atoms with Crippen LogP contribution < -0.4 is 5.32 Å². The Balaban J connectivity index is 3.31. The third kappa shape index (κ3) is 7.64. The lowest BCUT2D eigenvalue weighted by atomic mass is 9.73. The molecular weight excluding hydrogens is 382 g/mol. The molecule has 1 aliphatic rings. The fourth-order valence-electron chi connectivity index (χ4n) is 3.65. The quantitative estimate of drug-likeness (QED) is 0.485. The fraction of sp³-hybridized carbons (Fsp3) is 0.800. The average Bonchev–Trinajstić information content (AvgIpc) is 2.56. The maximum atomic E-state index is 12.6. The topological polar surface area (TPSA) is 139 Å². The molecule has 5 atom stereocenters. The van der Waals surface area contributed by atoms with Crippen LogP contribution in [0.2, 0.25) is 0 Å². The zero-order valence-corrected chi connectivity index (χ0v) is 17.8. The molecule has 1 amide bonds. The first-order valence-corrected chi connectivity index (χ1v) is 9.90. The van der Waals surface area contributed by atoms with Crippen LogP contribution in [0.25, 0.3) is 0 Å². The predicted molar refractivity (Wildman–Crippen MR) is 103 cm³/mol. The van der Waals surface area contributed by atoms with Crippen LogP contribution in [0.5, 0.6) is 0 Å². The lowest BCUT2D eigenvalue weighted by Gasteiger charge is -2.47. The second kappa shape index (κ2) is 10.6. The van der Waals surface area contributed by atoms with Gasteiger partial charge in [-0.15, -0.1) is 0 Å². The fourth-order valence-corrected chi connectivity index (χ4v) is 3.65. The van der Waals surface area contributed by atoms with Crippen molar-refractivity contribution in [3.63, 3.8) is 0 Å². The molecule has 0 spiro atoms. The van der Waals surface area contributed by atoms with E-state index in [9.17, 15) is 29.4 Å². The zero-order chi connectivity index (χ0) is 22.4. The lowest BCUT2D eigenvalue weighted by molar-refractivity contribution is -0.178. The van der Waals surface area contributed by atoms with E-state index in [4.69, 9.17) is 9.47 Å². The number of hydrogen-bond donors (Lipinski definition) is 3. The van der Waals surface area contributed by atoms with Crippen LogP contribution in [0.1, 0.15) is 60.3 Å². The Bertz CT molecular complexity index is 612. The first-order valence-electron chi connectivity index (χ1n) is 9.90. The van der Waals surface area contributed by atoms with Gasteiger partial charge >= 0.3 is 17.9 Å².